The summed E-state index contributed by atoms with van der Waals surface area (Å²) in [5.74, 6) is 0.790. The first-order valence-electron chi connectivity index (χ1n) is 4.70. The van der Waals surface area contributed by atoms with E-state index in [0.29, 0.717) is 22.8 Å². The van der Waals surface area contributed by atoms with Crippen LogP contribution in [-0.4, -0.2) is 11.9 Å². The Balaban J connectivity index is 2.40. The molecule has 1 aliphatic heterocycles. The number of ether oxygens (including phenoxy) is 1. The highest BCUT2D eigenvalue weighted by molar-refractivity contribution is 6.31. The minimum atomic E-state index is 0.0242. The molecule has 2 nitrogen and oxygen atoms in total. The molecule has 0 aromatic heterocycles. The van der Waals surface area contributed by atoms with Crippen LogP contribution >= 0.6 is 11.6 Å². The summed E-state index contributed by atoms with van der Waals surface area (Å²) in [4.78, 5) is 11.7. The van der Waals surface area contributed by atoms with Crippen molar-refractivity contribution in [2.45, 2.75) is 25.9 Å². The Kier molecular flexibility index (Phi) is 2.46. The van der Waals surface area contributed by atoms with Crippen LogP contribution in [0.2, 0.25) is 5.02 Å². The van der Waals surface area contributed by atoms with Crippen LogP contribution in [0.5, 0.6) is 5.75 Å². The molecular weight excluding hydrogens is 200 g/mol. The molecule has 0 bridgehead atoms. The van der Waals surface area contributed by atoms with Crippen LogP contribution in [0.25, 0.3) is 0 Å². The summed E-state index contributed by atoms with van der Waals surface area (Å²) in [7, 11) is 0. The third-order valence-corrected chi connectivity index (χ3v) is 2.64. The van der Waals surface area contributed by atoms with E-state index in [1.54, 1.807) is 18.2 Å². The fourth-order valence-electron chi connectivity index (χ4n) is 1.59. The van der Waals surface area contributed by atoms with Crippen molar-refractivity contribution in [1.82, 2.24) is 0 Å². The van der Waals surface area contributed by atoms with Gasteiger partial charge >= 0.3 is 0 Å². The lowest BCUT2D eigenvalue weighted by Gasteiger charge is -2.24. The molecule has 0 aliphatic carbocycles. The first-order chi connectivity index (χ1) is 6.70. The van der Waals surface area contributed by atoms with Crippen molar-refractivity contribution >= 4 is 17.4 Å². The van der Waals surface area contributed by atoms with E-state index >= 15 is 0 Å². The van der Waals surface area contributed by atoms with Crippen molar-refractivity contribution in [3.63, 3.8) is 0 Å². The second kappa shape index (κ2) is 3.62. The molecule has 0 saturated heterocycles. The Morgan fingerprint density at radius 2 is 2.36 bits per heavy atom. The normalized spacial score (nSPS) is 20.1. The van der Waals surface area contributed by atoms with Crippen LogP contribution in [0.4, 0.5) is 0 Å². The monoisotopic (exact) mass is 210 g/mol. The quantitative estimate of drug-likeness (QED) is 0.712. The molecule has 0 radical (unpaired) electrons. The zero-order chi connectivity index (χ0) is 10.1. The summed E-state index contributed by atoms with van der Waals surface area (Å²) in [6.45, 7) is 2.01. The molecule has 0 spiro atoms. The first kappa shape index (κ1) is 9.53. The number of fused-ring (bicyclic) bond motifs is 1. The zero-order valence-electron chi connectivity index (χ0n) is 7.92. The molecule has 3 heteroatoms. The summed E-state index contributed by atoms with van der Waals surface area (Å²) < 4.78 is 5.63. The third kappa shape index (κ3) is 1.62. The highest BCUT2D eigenvalue weighted by Gasteiger charge is 2.25. The van der Waals surface area contributed by atoms with E-state index in [0.717, 1.165) is 6.42 Å². The van der Waals surface area contributed by atoms with E-state index in [4.69, 9.17) is 16.3 Å². The lowest BCUT2D eigenvalue weighted by Crippen LogP contribution is -2.26. The van der Waals surface area contributed by atoms with Gasteiger partial charge in [0.05, 0.1) is 5.56 Å². The van der Waals surface area contributed by atoms with E-state index in [1.807, 2.05) is 6.92 Å². The Morgan fingerprint density at radius 1 is 1.57 bits per heavy atom. The average Bonchev–Trinajstić information content (AvgIpc) is 2.19. The van der Waals surface area contributed by atoms with E-state index < -0.39 is 0 Å². The summed E-state index contributed by atoms with van der Waals surface area (Å²) in [5, 5.41) is 0.579. The summed E-state index contributed by atoms with van der Waals surface area (Å²) in [6.07, 6.45) is 1.34. The number of benzene rings is 1. The second-order valence-corrected chi connectivity index (χ2v) is 3.85. The van der Waals surface area contributed by atoms with Crippen LogP contribution < -0.4 is 4.74 Å². The molecule has 1 atom stereocenters. The predicted octanol–water partition coefficient (Wildman–Crippen LogP) is 3.08. The van der Waals surface area contributed by atoms with E-state index in [-0.39, 0.29) is 11.9 Å². The highest BCUT2D eigenvalue weighted by Crippen LogP contribution is 2.30. The van der Waals surface area contributed by atoms with Crippen LogP contribution in [0.1, 0.15) is 30.1 Å². The number of rotatable bonds is 1. The molecule has 0 saturated carbocycles. The summed E-state index contributed by atoms with van der Waals surface area (Å²) in [6, 6.07) is 5.17. The highest BCUT2D eigenvalue weighted by atomic mass is 35.5. The number of carbonyl (C=O) groups is 1. The van der Waals surface area contributed by atoms with Gasteiger partial charge in [-0.15, -0.1) is 0 Å². The van der Waals surface area contributed by atoms with Gasteiger partial charge in [-0.3, -0.25) is 4.79 Å². The van der Waals surface area contributed by atoms with Crippen molar-refractivity contribution in [3.05, 3.63) is 28.8 Å². The fourth-order valence-corrected chi connectivity index (χ4v) is 1.76. The van der Waals surface area contributed by atoms with E-state index in [2.05, 4.69) is 0 Å². The number of Topliss-reactive ketones (excluding diaryl/α,β-unsaturated/α-hetero) is 1. The van der Waals surface area contributed by atoms with Gasteiger partial charge in [-0.25, -0.2) is 0 Å². The largest absolute Gasteiger partial charge is 0.489 e. The Morgan fingerprint density at radius 3 is 3.07 bits per heavy atom. The minimum absolute atomic E-state index is 0.0242. The van der Waals surface area contributed by atoms with Gasteiger partial charge in [-0.05, 0) is 24.6 Å². The molecule has 1 unspecified atom stereocenters. The second-order valence-electron chi connectivity index (χ2n) is 3.42. The molecular formula is C11H11ClO2. The lowest BCUT2D eigenvalue weighted by molar-refractivity contribution is 0.0845. The SMILES string of the molecule is CCC1CC(=O)c2cc(Cl)ccc2O1. The maximum atomic E-state index is 11.7. The standard InChI is InChI=1S/C11H11ClO2/c1-2-8-6-10(13)9-5-7(12)3-4-11(9)14-8/h3-5,8H,2,6H2,1H3. The number of carbonyl (C=O) groups excluding carboxylic acids is 1. The maximum absolute atomic E-state index is 11.7. The van der Waals surface area contributed by atoms with E-state index in [9.17, 15) is 4.79 Å². The average molecular weight is 211 g/mol. The van der Waals surface area contributed by atoms with Gasteiger partial charge < -0.3 is 4.74 Å². The van der Waals surface area contributed by atoms with Gasteiger partial charge in [0.15, 0.2) is 5.78 Å². The molecule has 0 fully saturated rings. The van der Waals surface area contributed by atoms with Crippen molar-refractivity contribution in [3.8, 4) is 5.75 Å². The van der Waals surface area contributed by atoms with Crippen LogP contribution in [0, 0.1) is 0 Å². The third-order valence-electron chi connectivity index (χ3n) is 2.40. The van der Waals surface area contributed by atoms with Crippen LogP contribution in [0.15, 0.2) is 18.2 Å². The van der Waals surface area contributed by atoms with Crippen LogP contribution in [-0.2, 0) is 0 Å². The smallest absolute Gasteiger partial charge is 0.170 e. The molecule has 74 valence electrons. The predicted molar refractivity (Wildman–Crippen MR) is 55.1 cm³/mol. The summed E-state index contributed by atoms with van der Waals surface area (Å²) in [5.41, 5.74) is 0.613. The minimum Gasteiger partial charge on any atom is -0.489 e. The number of hydrogen-bond acceptors (Lipinski definition) is 2. The maximum Gasteiger partial charge on any atom is 0.170 e. The van der Waals surface area contributed by atoms with Crippen molar-refractivity contribution in [2.75, 3.05) is 0 Å². The molecule has 1 aromatic carbocycles. The summed E-state index contributed by atoms with van der Waals surface area (Å²) >= 11 is 5.80. The zero-order valence-corrected chi connectivity index (χ0v) is 8.67. The molecule has 0 N–H and O–H groups in total. The Bertz CT molecular complexity index is 374. The molecule has 1 aromatic rings. The lowest BCUT2D eigenvalue weighted by atomic mass is 10.00. The van der Waals surface area contributed by atoms with Gasteiger partial charge in [0, 0.05) is 11.4 Å². The molecule has 2 rings (SSSR count). The number of ketones is 1. The van der Waals surface area contributed by atoms with Crippen molar-refractivity contribution < 1.29 is 9.53 Å². The van der Waals surface area contributed by atoms with Crippen LogP contribution in [0.3, 0.4) is 0 Å². The fraction of sp³-hybridized carbons (Fsp3) is 0.364. The van der Waals surface area contributed by atoms with Gasteiger partial charge in [0.2, 0.25) is 0 Å². The van der Waals surface area contributed by atoms with Crippen molar-refractivity contribution in [1.29, 1.82) is 0 Å². The Hall–Kier alpha value is -1.02. The molecule has 0 amide bonds. The van der Waals surface area contributed by atoms with Gasteiger partial charge in [0.25, 0.3) is 0 Å². The first-order valence-corrected chi connectivity index (χ1v) is 5.08. The van der Waals surface area contributed by atoms with Gasteiger partial charge in [-0.1, -0.05) is 18.5 Å². The van der Waals surface area contributed by atoms with E-state index in [1.165, 1.54) is 0 Å². The van der Waals surface area contributed by atoms with Crippen molar-refractivity contribution in [2.24, 2.45) is 0 Å². The number of halogens is 1. The Labute approximate surface area is 87.8 Å². The molecule has 1 heterocycles. The van der Waals surface area contributed by atoms with Gasteiger partial charge in [-0.2, -0.15) is 0 Å². The topological polar surface area (TPSA) is 26.3 Å². The molecule has 1 aliphatic rings. The number of hydrogen-bond donors (Lipinski definition) is 0. The van der Waals surface area contributed by atoms with Gasteiger partial charge in [0.1, 0.15) is 11.9 Å². The molecule has 14 heavy (non-hydrogen) atoms.